The first-order chi connectivity index (χ1) is 34.1. The standard InChI is InChI=1S/C32H12BF24.C16H13NS/c34-25(35,36)13-1-14(26(37,38)39)6-21(5-13)33(22-7-15(27(40,41)42)2-16(8-22)28(43,44)45,23-9-17(29(46,47)48)3-18(10-23)30(49,50)51)24-11-19(31(52,53)54)4-20(12-24)32(55,56)57;18-16-10-4-9-15-14(16)8-5-11-17(15)12-13-6-2-1-3-7-13/h1-12H;1-11H,12H2/q-1;/p+1. The van der Waals surface area contributed by atoms with Gasteiger partial charge in [-0.15, -0.1) is 12.6 Å². The Hall–Kier alpha value is -6.54. The second kappa shape index (κ2) is 19.9. The van der Waals surface area contributed by atoms with Crippen LogP contribution in [0.2, 0.25) is 0 Å². The largest absolute Gasteiger partial charge is 0.416 e. The van der Waals surface area contributed by atoms with Crippen LogP contribution in [0.25, 0.3) is 10.9 Å². The molecule has 1 aromatic heterocycles. The Morgan fingerprint density at radius 1 is 0.320 bits per heavy atom. The quantitative estimate of drug-likeness (QED) is 0.0732. The number of thiol groups is 1. The van der Waals surface area contributed by atoms with Crippen LogP contribution in [0.4, 0.5) is 105 Å². The van der Waals surface area contributed by atoms with E-state index in [4.69, 9.17) is 0 Å². The third-order valence-electron chi connectivity index (χ3n) is 11.5. The lowest BCUT2D eigenvalue weighted by atomic mass is 9.12. The molecule has 0 aliphatic rings. The van der Waals surface area contributed by atoms with Gasteiger partial charge in [0.25, 0.3) is 0 Å². The number of nitrogens with zero attached hydrogens (tertiary/aromatic N) is 1. The molecule has 0 saturated carbocycles. The van der Waals surface area contributed by atoms with Gasteiger partial charge in [0, 0.05) is 22.6 Å². The Labute approximate surface area is 411 Å². The number of hydrogen-bond acceptors (Lipinski definition) is 1. The van der Waals surface area contributed by atoms with E-state index in [0.29, 0.717) is 0 Å². The Kier molecular flexibility index (Phi) is 15.3. The number of pyridine rings is 1. The van der Waals surface area contributed by atoms with Gasteiger partial charge in [-0.2, -0.15) is 132 Å². The van der Waals surface area contributed by atoms with Gasteiger partial charge < -0.3 is 0 Å². The molecule has 0 fully saturated rings. The summed E-state index contributed by atoms with van der Waals surface area (Å²) in [5.74, 6) is 0. The van der Waals surface area contributed by atoms with Gasteiger partial charge in [0.2, 0.25) is 5.52 Å². The van der Waals surface area contributed by atoms with Crippen molar-refractivity contribution in [1.82, 2.24) is 0 Å². The molecule has 0 unspecified atom stereocenters. The molecule has 0 spiro atoms. The van der Waals surface area contributed by atoms with Crippen molar-refractivity contribution in [3.63, 3.8) is 0 Å². The van der Waals surface area contributed by atoms with Gasteiger partial charge in [-0.1, -0.05) is 84.9 Å². The summed E-state index contributed by atoms with van der Waals surface area (Å²) >= 11 is 4.51. The smallest absolute Gasteiger partial charge is 0.194 e. The number of benzene rings is 6. The van der Waals surface area contributed by atoms with Gasteiger partial charge in [-0.05, 0) is 36.4 Å². The molecule has 1 heterocycles. The first-order valence-electron chi connectivity index (χ1n) is 20.6. The van der Waals surface area contributed by atoms with E-state index < -0.39 is 195 Å². The maximum Gasteiger partial charge on any atom is 0.416 e. The molecule has 0 saturated heterocycles. The molecular formula is C48H26BF24NS. The van der Waals surface area contributed by atoms with Gasteiger partial charge in [0.05, 0.1) is 49.9 Å². The van der Waals surface area contributed by atoms with E-state index in [2.05, 4.69) is 65.9 Å². The van der Waals surface area contributed by atoms with Crippen LogP contribution >= 0.6 is 12.6 Å². The van der Waals surface area contributed by atoms with Crippen molar-refractivity contribution in [2.45, 2.75) is 60.9 Å². The monoisotopic (exact) mass is 1120 g/mol. The summed E-state index contributed by atoms with van der Waals surface area (Å²) in [5.41, 5.74) is -27.7. The van der Waals surface area contributed by atoms with Gasteiger partial charge >= 0.3 is 49.4 Å². The van der Waals surface area contributed by atoms with Crippen molar-refractivity contribution >= 4 is 51.5 Å². The first-order valence-corrected chi connectivity index (χ1v) is 21.1. The molecule has 7 aromatic rings. The fourth-order valence-electron chi connectivity index (χ4n) is 8.27. The molecule has 0 N–H and O–H groups in total. The van der Waals surface area contributed by atoms with Crippen molar-refractivity contribution in [2.75, 3.05) is 0 Å². The zero-order valence-corrected chi connectivity index (χ0v) is 37.4. The van der Waals surface area contributed by atoms with Crippen LogP contribution in [-0.2, 0) is 56.0 Å². The average molecular weight is 1120 g/mol. The van der Waals surface area contributed by atoms with Crippen LogP contribution in [0.15, 0.2) is 145 Å². The minimum Gasteiger partial charge on any atom is -0.194 e. The molecule has 27 heteroatoms. The highest BCUT2D eigenvalue weighted by atomic mass is 32.1. The zero-order chi connectivity index (χ0) is 56.3. The van der Waals surface area contributed by atoms with E-state index in [-0.39, 0.29) is 0 Å². The summed E-state index contributed by atoms with van der Waals surface area (Å²) in [4.78, 5) is 1.02. The highest BCUT2D eigenvalue weighted by molar-refractivity contribution is 7.80. The van der Waals surface area contributed by atoms with Crippen molar-refractivity contribution in [3.05, 3.63) is 190 Å². The highest BCUT2D eigenvalue weighted by Gasteiger charge is 2.47. The molecule has 1 nitrogen and oxygen atoms in total. The molecule has 400 valence electrons. The predicted molar refractivity (Wildman–Crippen MR) is 227 cm³/mol. The lowest BCUT2D eigenvalue weighted by molar-refractivity contribution is -0.662. The van der Waals surface area contributed by atoms with Crippen LogP contribution in [0.3, 0.4) is 0 Å². The third-order valence-corrected chi connectivity index (χ3v) is 11.9. The van der Waals surface area contributed by atoms with E-state index in [1.165, 1.54) is 16.5 Å². The molecular weight excluding hydrogens is 1090 g/mol. The van der Waals surface area contributed by atoms with E-state index in [1.807, 2.05) is 18.2 Å². The molecule has 7 rings (SSSR count). The number of rotatable bonds is 6. The van der Waals surface area contributed by atoms with Crippen LogP contribution in [-0.4, -0.2) is 6.15 Å². The second-order valence-electron chi connectivity index (χ2n) is 16.6. The summed E-state index contributed by atoms with van der Waals surface area (Å²) in [6, 6.07) is 12.1. The topological polar surface area (TPSA) is 3.88 Å². The second-order valence-corrected chi connectivity index (χ2v) is 17.0. The van der Waals surface area contributed by atoms with Gasteiger partial charge in [-0.3, -0.25) is 0 Å². The Morgan fingerprint density at radius 3 is 0.867 bits per heavy atom. The van der Waals surface area contributed by atoms with Gasteiger partial charge in [0.1, 0.15) is 6.15 Å². The van der Waals surface area contributed by atoms with E-state index in [1.54, 1.807) is 0 Å². The van der Waals surface area contributed by atoms with Gasteiger partial charge in [-0.25, -0.2) is 0 Å². The maximum atomic E-state index is 14.2. The number of alkyl halides is 24. The van der Waals surface area contributed by atoms with Crippen LogP contribution in [0.1, 0.15) is 50.1 Å². The number of aromatic nitrogens is 1. The predicted octanol–water partition coefficient (Wildman–Crippen LogP) is 14.7. The molecule has 0 amide bonds. The Morgan fingerprint density at radius 2 is 0.600 bits per heavy atom. The average Bonchev–Trinajstić information content (AvgIpc) is 3.27. The van der Waals surface area contributed by atoms with Gasteiger partial charge in [0.15, 0.2) is 12.7 Å². The highest BCUT2D eigenvalue weighted by Crippen LogP contribution is 2.41. The lowest BCUT2D eigenvalue weighted by Crippen LogP contribution is -2.75. The van der Waals surface area contributed by atoms with Crippen molar-refractivity contribution in [1.29, 1.82) is 0 Å². The summed E-state index contributed by atoms with van der Waals surface area (Å²) in [7, 11) is 0. The SMILES string of the molecule is FC(F)(F)c1cc([B-](c2cc(C(F)(F)F)cc(C(F)(F)F)c2)(c2cc(C(F)(F)F)cc(C(F)(F)F)c2)c2cc(C(F)(F)F)cc(C(F)(F)F)c2)cc(C(F)(F)F)c1.Sc1cccc2c1ccc[n+]2Cc1ccccc1. The molecule has 0 radical (unpaired) electrons. The van der Waals surface area contributed by atoms with Crippen LogP contribution < -0.4 is 26.4 Å². The molecule has 6 aromatic carbocycles. The fourth-order valence-corrected chi connectivity index (χ4v) is 8.55. The maximum absolute atomic E-state index is 14.2. The lowest BCUT2D eigenvalue weighted by Gasteiger charge is -2.46. The Balaban J connectivity index is 0.000000421. The number of fused-ring (bicyclic) bond motifs is 1. The minimum atomic E-state index is -6.13. The molecule has 0 atom stereocenters. The van der Waals surface area contributed by atoms with Crippen LogP contribution in [0.5, 0.6) is 0 Å². The number of halogens is 24. The first kappa shape index (κ1) is 57.7. The molecule has 0 bridgehead atoms. The fraction of sp³-hybridized carbons (Fsp3) is 0.188. The summed E-state index contributed by atoms with van der Waals surface area (Å²) in [5, 5.41) is 1.19. The van der Waals surface area contributed by atoms with Crippen LogP contribution in [0, 0.1) is 0 Å². The Bertz CT molecular complexity index is 2760. The van der Waals surface area contributed by atoms with E-state index in [0.717, 1.165) is 11.4 Å². The minimum absolute atomic E-state index is 0.691. The van der Waals surface area contributed by atoms with Crippen molar-refractivity contribution in [3.8, 4) is 0 Å². The number of hydrogen-bond donors (Lipinski definition) is 1. The third kappa shape index (κ3) is 12.9. The zero-order valence-electron chi connectivity index (χ0n) is 36.5. The summed E-state index contributed by atoms with van der Waals surface area (Å²) < 4.78 is 343. The van der Waals surface area contributed by atoms with Crippen molar-refractivity contribution < 1.29 is 110 Å². The summed E-state index contributed by atoms with van der Waals surface area (Å²) in [6.45, 7) is 0.884. The summed E-state index contributed by atoms with van der Waals surface area (Å²) in [6.07, 6.45) is -52.7. The molecule has 0 aliphatic heterocycles. The van der Waals surface area contributed by atoms with E-state index >= 15 is 0 Å². The molecule has 0 aliphatic carbocycles. The van der Waals surface area contributed by atoms with E-state index in [9.17, 15) is 105 Å². The normalized spacial score (nSPS) is 13.5. The molecule has 75 heavy (non-hydrogen) atoms. The van der Waals surface area contributed by atoms with Crippen molar-refractivity contribution in [2.24, 2.45) is 0 Å².